The molecule has 1 aliphatic rings. The number of hydrogen-bond donors (Lipinski definition) is 3. The summed E-state index contributed by atoms with van der Waals surface area (Å²) >= 11 is 0. The predicted molar refractivity (Wildman–Crippen MR) is 63.2 cm³/mol. The predicted octanol–water partition coefficient (Wildman–Crippen LogP) is 1.92. The van der Waals surface area contributed by atoms with E-state index in [9.17, 15) is 14.6 Å². The van der Waals surface area contributed by atoms with Crippen LogP contribution in [0, 0.1) is 5.82 Å². The van der Waals surface area contributed by atoms with Crippen molar-refractivity contribution in [3.8, 4) is 5.75 Å². The Kier molecular flexibility index (Phi) is 3.97. The smallest absolute Gasteiger partial charge is 0.123 e. The fourth-order valence-corrected chi connectivity index (χ4v) is 2.30. The summed E-state index contributed by atoms with van der Waals surface area (Å²) in [7, 11) is 0. The van der Waals surface area contributed by atoms with Crippen LogP contribution in [0.25, 0.3) is 0 Å². The van der Waals surface area contributed by atoms with Crippen LogP contribution in [0.15, 0.2) is 18.2 Å². The Morgan fingerprint density at radius 3 is 2.94 bits per heavy atom. The molecule has 0 aliphatic heterocycles. The summed E-state index contributed by atoms with van der Waals surface area (Å²) in [6.07, 6.45) is 3.39. The first-order valence-corrected chi connectivity index (χ1v) is 6.04. The molecule has 3 N–H and O–H groups in total. The van der Waals surface area contributed by atoms with E-state index in [1.54, 1.807) is 0 Å². The third kappa shape index (κ3) is 3.41. The number of halogens is 1. The van der Waals surface area contributed by atoms with Gasteiger partial charge < -0.3 is 15.5 Å². The van der Waals surface area contributed by atoms with Crippen LogP contribution in [-0.4, -0.2) is 22.4 Å². The molecular formula is C13H18FNO2. The van der Waals surface area contributed by atoms with Gasteiger partial charge in [-0.3, -0.25) is 0 Å². The van der Waals surface area contributed by atoms with Crippen molar-refractivity contribution >= 4 is 0 Å². The van der Waals surface area contributed by atoms with Crippen LogP contribution in [-0.2, 0) is 6.54 Å². The highest BCUT2D eigenvalue weighted by atomic mass is 19.1. The molecule has 1 aromatic rings. The molecule has 2 rings (SSSR count). The quantitative estimate of drug-likeness (QED) is 0.755. The van der Waals surface area contributed by atoms with E-state index in [4.69, 9.17) is 0 Å². The van der Waals surface area contributed by atoms with Gasteiger partial charge in [-0.15, -0.1) is 0 Å². The number of nitrogens with one attached hydrogen (secondary N) is 1. The van der Waals surface area contributed by atoms with E-state index >= 15 is 0 Å². The number of aromatic hydroxyl groups is 1. The van der Waals surface area contributed by atoms with Gasteiger partial charge in [-0.25, -0.2) is 4.39 Å². The van der Waals surface area contributed by atoms with Crippen molar-refractivity contribution in [1.29, 1.82) is 0 Å². The first-order chi connectivity index (χ1) is 8.15. The average Bonchev–Trinajstić information content (AvgIpc) is 2.30. The lowest BCUT2D eigenvalue weighted by molar-refractivity contribution is 0.111. The molecule has 2 unspecified atom stereocenters. The van der Waals surface area contributed by atoms with E-state index in [-0.39, 0.29) is 23.7 Å². The van der Waals surface area contributed by atoms with Crippen LogP contribution < -0.4 is 5.32 Å². The zero-order valence-corrected chi connectivity index (χ0v) is 9.69. The van der Waals surface area contributed by atoms with E-state index in [2.05, 4.69) is 5.32 Å². The summed E-state index contributed by atoms with van der Waals surface area (Å²) in [6.45, 7) is 0.432. The van der Waals surface area contributed by atoms with Gasteiger partial charge in [0.05, 0.1) is 6.10 Å². The second-order valence-electron chi connectivity index (χ2n) is 4.67. The molecule has 94 valence electrons. The number of rotatable bonds is 3. The summed E-state index contributed by atoms with van der Waals surface area (Å²) in [6, 6.07) is 4.19. The number of benzene rings is 1. The highest BCUT2D eigenvalue weighted by molar-refractivity contribution is 5.32. The normalized spacial score (nSPS) is 24.8. The van der Waals surface area contributed by atoms with Gasteiger partial charge in [0.1, 0.15) is 11.6 Å². The number of phenols is 1. The molecule has 1 fully saturated rings. The van der Waals surface area contributed by atoms with Gasteiger partial charge in [0.25, 0.3) is 0 Å². The van der Waals surface area contributed by atoms with Gasteiger partial charge in [-0.05, 0) is 43.9 Å². The van der Waals surface area contributed by atoms with Crippen LogP contribution in [0.4, 0.5) is 4.39 Å². The molecule has 0 bridgehead atoms. The second-order valence-corrected chi connectivity index (χ2v) is 4.67. The lowest BCUT2D eigenvalue weighted by atomic mass is 9.93. The van der Waals surface area contributed by atoms with E-state index in [1.807, 2.05) is 0 Å². The van der Waals surface area contributed by atoms with Crippen LogP contribution >= 0.6 is 0 Å². The third-order valence-electron chi connectivity index (χ3n) is 3.27. The summed E-state index contributed by atoms with van der Waals surface area (Å²) in [4.78, 5) is 0. The minimum atomic E-state index is -0.344. The first-order valence-electron chi connectivity index (χ1n) is 6.04. The Morgan fingerprint density at radius 2 is 2.18 bits per heavy atom. The summed E-state index contributed by atoms with van der Waals surface area (Å²) in [5, 5.41) is 22.3. The molecular weight excluding hydrogens is 221 g/mol. The van der Waals surface area contributed by atoms with Crippen molar-refractivity contribution in [2.24, 2.45) is 0 Å². The van der Waals surface area contributed by atoms with Crippen LogP contribution in [0.1, 0.15) is 31.2 Å². The van der Waals surface area contributed by atoms with Crippen LogP contribution in [0.5, 0.6) is 5.75 Å². The third-order valence-corrected chi connectivity index (χ3v) is 3.27. The minimum absolute atomic E-state index is 0.107. The minimum Gasteiger partial charge on any atom is -0.508 e. The molecule has 0 radical (unpaired) electrons. The molecule has 0 amide bonds. The maximum Gasteiger partial charge on any atom is 0.123 e. The molecule has 17 heavy (non-hydrogen) atoms. The molecule has 1 aromatic carbocycles. The summed E-state index contributed by atoms with van der Waals surface area (Å²) in [5.41, 5.74) is 0.560. The molecule has 2 atom stereocenters. The van der Waals surface area contributed by atoms with Gasteiger partial charge in [0.15, 0.2) is 0 Å². The largest absolute Gasteiger partial charge is 0.508 e. The second kappa shape index (κ2) is 5.47. The highest BCUT2D eigenvalue weighted by Crippen LogP contribution is 2.21. The molecule has 0 spiro atoms. The van der Waals surface area contributed by atoms with Crippen molar-refractivity contribution in [1.82, 2.24) is 5.32 Å². The number of hydrogen-bond acceptors (Lipinski definition) is 3. The van der Waals surface area contributed by atoms with Crippen molar-refractivity contribution in [2.45, 2.75) is 44.4 Å². The number of aliphatic hydroxyl groups excluding tert-OH is 1. The van der Waals surface area contributed by atoms with E-state index < -0.39 is 0 Å². The lowest BCUT2D eigenvalue weighted by Crippen LogP contribution is -2.35. The fourth-order valence-electron chi connectivity index (χ4n) is 2.30. The van der Waals surface area contributed by atoms with Crippen LogP contribution in [0.3, 0.4) is 0 Å². The molecule has 1 aliphatic carbocycles. The van der Waals surface area contributed by atoms with Gasteiger partial charge in [-0.1, -0.05) is 0 Å². The Labute approximate surface area is 100 Å². The van der Waals surface area contributed by atoms with Crippen molar-refractivity contribution in [3.63, 3.8) is 0 Å². The van der Waals surface area contributed by atoms with Gasteiger partial charge in [0.2, 0.25) is 0 Å². The molecule has 3 nitrogen and oxygen atoms in total. The van der Waals surface area contributed by atoms with Crippen molar-refractivity contribution < 1.29 is 14.6 Å². The summed E-state index contributed by atoms with van der Waals surface area (Å²) in [5.74, 6) is -0.237. The number of phenolic OH excluding ortho intramolecular Hbond substituents is 1. The standard InChI is InChI=1S/C13H18FNO2/c14-10-4-5-13(17)9(6-10)8-15-11-2-1-3-12(16)7-11/h4-6,11-12,15-17H,1-3,7-8H2. The monoisotopic (exact) mass is 239 g/mol. The Hall–Kier alpha value is -1.13. The van der Waals surface area contributed by atoms with Crippen molar-refractivity contribution in [3.05, 3.63) is 29.6 Å². The van der Waals surface area contributed by atoms with Crippen molar-refractivity contribution in [2.75, 3.05) is 0 Å². The topological polar surface area (TPSA) is 52.5 Å². The van der Waals surface area contributed by atoms with Gasteiger partial charge in [0, 0.05) is 18.2 Å². The molecule has 0 heterocycles. The lowest BCUT2D eigenvalue weighted by Gasteiger charge is -2.26. The Balaban J connectivity index is 1.90. The zero-order chi connectivity index (χ0) is 12.3. The average molecular weight is 239 g/mol. The van der Waals surface area contributed by atoms with E-state index in [1.165, 1.54) is 18.2 Å². The Bertz CT molecular complexity index is 384. The van der Waals surface area contributed by atoms with Crippen LogP contribution in [0.2, 0.25) is 0 Å². The van der Waals surface area contributed by atoms with Gasteiger partial charge >= 0.3 is 0 Å². The van der Waals surface area contributed by atoms with E-state index in [0.717, 1.165) is 25.7 Å². The first kappa shape index (κ1) is 12.3. The molecule has 0 saturated heterocycles. The fraction of sp³-hybridized carbons (Fsp3) is 0.538. The van der Waals surface area contributed by atoms with E-state index in [0.29, 0.717) is 12.1 Å². The maximum absolute atomic E-state index is 13.0. The van der Waals surface area contributed by atoms with Gasteiger partial charge in [-0.2, -0.15) is 0 Å². The molecule has 0 aromatic heterocycles. The molecule has 4 heteroatoms. The number of aliphatic hydroxyl groups is 1. The zero-order valence-electron chi connectivity index (χ0n) is 9.69. The Morgan fingerprint density at radius 1 is 1.35 bits per heavy atom. The molecule has 1 saturated carbocycles. The summed E-state index contributed by atoms with van der Waals surface area (Å²) < 4.78 is 13.0. The SMILES string of the molecule is Oc1ccc(F)cc1CNC1CCCC(O)C1. The maximum atomic E-state index is 13.0. The highest BCUT2D eigenvalue weighted by Gasteiger charge is 2.19.